The zero-order chi connectivity index (χ0) is 21.0. The second kappa shape index (κ2) is 7.12. The summed E-state index contributed by atoms with van der Waals surface area (Å²) in [7, 11) is 2.16. The van der Waals surface area contributed by atoms with Crippen LogP contribution in [0, 0.1) is 10.1 Å². The highest BCUT2D eigenvalue weighted by Gasteiger charge is 2.34. The van der Waals surface area contributed by atoms with E-state index >= 15 is 0 Å². The van der Waals surface area contributed by atoms with Gasteiger partial charge in [-0.05, 0) is 23.8 Å². The van der Waals surface area contributed by atoms with Crippen molar-refractivity contribution >= 4 is 39.5 Å². The van der Waals surface area contributed by atoms with E-state index in [1.807, 2.05) is 0 Å². The summed E-state index contributed by atoms with van der Waals surface area (Å²) in [6, 6.07) is 7.73. The maximum atomic E-state index is 12.8. The number of non-ortho nitro benzene ring substituents is 1. The second-order valence-corrected chi connectivity index (χ2v) is 9.03. The zero-order valence-electron chi connectivity index (χ0n) is 16.0. The van der Waals surface area contributed by atoms with Crippen molar-refractivity contribution in [2.24, 2.45) is 0 Å². The van der Waals surface area contributed by atoms with Gasteiger partial charge in [0.1, 0.15) is 23.1 Å². The fraction of sp³-hybridized carbons (Fsp3) is 0.250. The van der Waals surface area contributed by atoms with Crippen molar-refractivity contribution in [2.45, 2.75) is 19.1 Å². The molecular formula is C20H18ClN4O4S+. The Morgan fingerprint density at radius 2 is 2.13 bits per heavy atom. The van der Waals surface area contributed by atoms with E-state index in [1.54, 1.807) is 29.5 Å². The van der Waals surface area contributed by atoms with Gasteiger partial charge in [-0.25, -0.2) is 0 Å². The molecule has 0 bridgehead atoms. The number of quaternary nitrogens is 1. The largest absolute Gasteiger partial charge is 0.457 e. The molecule has 3 aromatic rings. The number of rotatable bonds is 3. The van der Waals surface area contributed by atoms with E-state index in [-0.39, 0.29) is 16.6 Å². The molecule has 0 fully saturated rings. The van der Waals surface area contributed by atoms with Crippen molar-refractivity contribution in [3.63, 3.8) is 0 Å². The zero-order valence-corrected chi connectivity index (χ0v) is 17.5. The van der Waals surface area contributed by atoms with Gasteiger partial charge in [0.2, 0.25) is 0 Å². The SMILES string of the molecule is C[NH+]1CCc2c(sc3c2C(=O)N[C@@H](c2ccc(-c4ccc([N+](=O)[O-])cc4Cl)o2)N3)C1. The monoisotopic (exact) mass is 445 g/mol. The molecule has 10 heteroatoms. The Bertz CT molecular complexity index is 1190. The van der Waals surface area contributed by atoms with Crippen LogP contribution in [0.4, 0.5) is 10.7 Å². The highest BCUT2D eigenvalue weighted by atomic mass is 35.5. The predicted molar refractivity (Wildman–Crippen MR) is 113 cm³/mol. The van der Waals surface area contributed by atoms with Crippen LogP contribution >= 0.6 is 22.9 Å². The van der Waals surface area contributed by atoms with Gasteiger partial charge in [0, 0.05) is 24.1 Å². The minimum atomic E-state index is -0.499. The first kappa shape index (κ1) is 19.1. The number of halogens is 1. The maximum Gasteiger partial charge on any atom is 0.270 e. The number of hydrogen-bond acceptors (Lipinski definition) is 6. The molecule has 0 spiro atoms. The fourth-order valence-corrected chi connectivity index (χ4v) is 5.60. The number of benzene rings is 1. The average Bonchev–Trinajstić information content (AvgIpc) is 3.32. The summed E-state index contributed by atoms with van der Waals surface area (Å²) in [5, 5.41) is 18.4. The molecule has 0 saturated carbocycles. The Balaban J connectivity index is 1.43. The topological polar surface area (TPSA) is 102 Å². The molecule has 2 aliphatic heterocycles. The predicted octanol–water partition coefficient (Wildman–Crippen LogP) is 2.99. The van der Waals surface area contributed by atoms with Gasteiger partial charge in [0.05, 0.1) is 34.0 Å². The summed E-state index contributed by atoms with van der Waals surface area (Å²) in [6.07, 6.45) is 0.400. The van der Waals surface area contributed by atoms with E-state index < -0.39 is 11.1 Å². The molecule has 154 valence electrons. The minimum Gasteiger partial charge on any atom is -0.457 e. The lowest BCUT2D eigenvalue weighted by Gasteiger charge is -2.25. The summed E-state index contributed by atoms with van der Waals surface area (Å²) < 4.78 is 5.94. The van der Waals surface area contributed by atoms with Crippen LogP contribution in [0.25, 0.3) is 11.3 Å². The van der Waals surface area contributed by atoms with Crippen molar-refractivity contribution in [1.29, 1.82) is 0 Å². The Kier molecular flexibility index (Phi) is 4.53. The molecule has 0 aliphatic carbocycles. The van der Waals surface area contributed by atoms with Gasteiger partial charge in [-0.3, -0.25) is 14.9 Å². The molecule has 0 saturated heterocycles. The molecule has 5 rings (SSSR count). The van der Waals surface area contributed by atoms with Gasteiger partial charge in [-0.15, -0.1) is 11.3 Å². The number of nitro groups is 1. The number of thiophene rings is 1. The number of nitrogens with one attached hydrogen (secondary N) is 3. The van der Waals surface area contributed by atoms with E-state index in [9.17, 15) is 14.9 Å². The van der Waals surface area contributed by atoms with E-state index in [0.717, 1.165) is 35.6 Å². The molecule has 1 amide bonds. The number of amides is 1. The van der Waals surface area contributed by atoms with Crippen LogP contribution in [0.5, 0.6) is 0 Å². The van der Waals surface area contributed by atoms with Crippen molar-refractivity contribution < 1.29 is 19.0 Å². The summed E-state index contributed by atoms with van der Waals surface area (Å²) >= 11 is 7.85. The first-order valence-corrected chi connectivity index (χ1v) is 10.7. The van der Waals surface area contributed by atoms with E-state index in [2.05, 4.69) is 17.7 Å². The van der Waals surface area contributed by atoms with Crippen molar-refractivity contribution in [3.8, 4) is 11.3 Å². The third-order valence-corrected chi connectivity index (χ3v) is 6.95. The molecule has 4 heterocycles. The Hall–Kier alpha value is -2.88. The second-order valence-electron chi connectivity index (χ2n) is 7.52. The molecule has 1 unspecified atom stereocenters. The van der Waals surface area contributed by atoms with Crippen LogP contribution < -0.4 is 15.5 Å². The smallest absolute Gasteiger partial charge is 0.270 e. The molecule has 2 atom stereocenters. The molecule has 2 aromatic heterocycles. The van der Waals surface area contributed by atoms with Gasteiger partial charge in [-0.1, -0.05) is 11.6 Å². The van der Waals surface area contributed by atoms with Gasteiger partial charge >= 0.3 is 0 Å². The van der Waals surface area contributed by atoms with Crippen LogP contribution in [-0.4, -0.2) is 24.4 Å². The lowest BCUT2D eigenvalue weighted by atomic mass is 10.0. The third-order valence-electron chi connectivity index (χ3n) is 5.47. The number of carbonyl (C=O) groups is 1. The van der Waals surface area contributed by atoms with Crippen LogP contribution in [0.15, 0.2) is 34.7 Å². The standard InChI is InChI=1S/C20H17ClN4O4S/c1-24-7-6-12-16(9-24)30-20-17(12)19(26)22-18(23-20)15-5-4-14(29-15)11-3-2-10(25(27)28)8-13(11)21/h2-5,8,18,23H,6-7,9H2,1H3,(H,22,26)/p+1/t18-/m1/s1. The summed E-state index contributed by atoms with van der Waals surface area (Å²) in [5.74, 6) is 0.909. The van der Waals surface area contributed by atoms with Crippen LogP contribution in [-0.2, 0) is 13.0 Å². The van der Waals surface area contributed by atoms with Crippen LogP contribution in [0.1, 0.15) is 32.7 Å². The van der Waals surface area contributed by atoms with Gasteiger partial charge in [0.15, 0.2) is 6.17 Å². The number of likely N-dealkylation sites (N-methyl/N-ethyl adjacent to an activating group) is 1. The van der Waals surface area contributed by atoms with E-state index in [4.69, 9.17) is 16.0 Å². The molecular weight excluding hydrogens is 428 g/mol. The number of nitrogens with zero attached hydrogens (tertiary/aromatic N) is 1. The quantitative estimate of drug-likeness (QED) is 0.425. The number of nitro benzene ring substituents is 1. The summed E-state index contributed by atoms with van der Waals surface area (Å²) in [4.78, 5) is 25.9. The Morgan fingerprint density at radius 1 is 1.30 bits per heavy atom. The molecule has 30 heavy (non-hydrogen) atoms. The van der Waals surface area contributed by atoms with E-state index in [0.29, 0.717) is 17.1 Å². The Morgan fingerprint density at radius 3 is 2.90 bits per heavy atom. The third kappa shape index (κ3) is 3.15. The lowest BCUT2D eigenvalue weighted by Crippen LogP contribution is -3.08. The summed E-state index contributed by atoms with van der Waals surface area (Å²) in [6.45, 7) is 1.95. The van der Waals surface area contributed by atoms with Crippen molar-refractivity contribution in [3.05, 3.63) is 67.2 Å². The van der Waals surface area contributed by atoms with E-state index in [1.165, 1.54) is 21.9 Å². The molecule has 1 aromatic carbocycles. The maximum absolute atomic E-state index is 12.8. The normalized spacial score (nSPS) is 20.1. The molecule has 0 radical (unpaired) electrons. The summed E-state index contributed by atoms with van der Waals surface area (Å²) in [5.41, 5.74) is 2.37. The van der Waals surface area contributed by atoms with Crippen LogP contribution in [0.2, 0.25) is 5.02 Å². The van der Waals surface area contributed by atoms with Crippen molar-refractivity contribution in [1.82, 2.24) is 5.32 Å². The van der Waals surface area contributed by atoms with Gasteiger partial charge in [-0.2, -0.15) is 0 Å². The number of furan rings is 1. The number of hydrogen-bond donors (Lipinski definition) is 3. The minimum absolute atomic E-state index is 0.0848. The van der Waals surface area contributed by atoms with Gasteiger partial charge < -0.3 is 20.0 Å². The van der Waals surface area contributed by atoms with Crippen molar-refractivity contribution in [2.75, 3.05) is 18.9 Å². The van der Waals surface area contributed by atoms with Crippen LogP contribution in [0.3, 0.4) is 0 Å². The first-order chi connectivity index (χ1) is 14.4. The number of fused-ring (bicyclic) bond motifs is 3. The first-order valence-electron chi connectivity index (χ1n) is 9.48. The fourth-order valence-electron chi connectivity index (χ4n) is 3.94. The number of carbonyl (C=O) groups excluding carboxylic acids is 1. The average molecular weight is 446 g/mol. The Labute approximate surface area is 180 Å². The lowest BCUT2D eigenvalue weighted by molar-refractivity contribution is -0.895. The molecule has 3 N–H and O–H groups in total. The molecule has 8 nitrogen and oxygen atoms in total. The number of anilines is 1. The van der Waals surface area contributed by atoms with Gasteiger partial charge in [0.25, 0.3) is 11.6 Å². The highest BCUT2D eigenvalue weighted by Crippen LogP contribution is 2.40. The molecule has 2 aliphatic rings. The highest BCUT2D eigenvalue weighted by molar-refractivity contribution is 7.16.